The second-order valence-corrected chi connectivity index (χ2v) is 3.88. The van der Waals surface area contributed by atoms with Crippen LogP contribution in [0.1, 0.15) is 41.3 Å². The summed E-state index contributed by atoms with van der Waals surface area (Å²) in [4.78, 5) is 11.5. The highest BCUT2D eigenvalue weighted by molar-refractivity contribution is 5.96. The zero-order valence-corrected chi connectivity index (χ0v) is 8.42. The highest BCUT2D eigenvalue weighted by Crippen LogP contribution is 2.20. The Morgan fingerprint density at radius 3 is 2.86 bits per heavy atom. The van der Waals surface area contributed by atoms with Crippen molar-refractivity contribution in [2.24, 2.45) is 0 Å². The summed E-state index contributed by atoms with van der Waals surface area (Å²) in [5.74, 6) is 0.428. The fourth-order valence-corrected chi connectivity index (χ4v) is 1.61. The molecule has 2 N–H and O–H groups in total. The molecule has 0 radical (unpaired) electrons. The monoisotopic (exact) mass is 190 g/mol. The quantitative estimate of drug-likeness (QED) is 0.705. The zero-order chi connectivity index (χ0) is 10.1. The van der Waals surface area contributed by atoms with Crippen molar-refractivity contribution < 1.29 is 4.79 Å². The van der Waals surface area contributed by atoms with Gasteiger partial charge in [0, 0.05) is 12.1 Å². The molecule has 1 aliphatic rings. The van der Waals surface area contributed by atoms with E-state index in [0.29, 0.717) is 12.5 Å². The second kappa shape index (κ2) is 3.42. The van der Waals surface area contributed by atoms with E-state index in [2.05, 4.69) is 30.8 Å². The number of carbonyl (C=O) groups is 1. The molecule has 0 bridgehead atoms. The lowest BCUT2D eigenvalue weighted by Crippen LogP contribution is -2.41. The van der Waals surface area contributed by atoms with Gasteiger partial charge in [0.05, 0.1) is 0 Å². The predicted molar refractivity (Wildman–Crippen MR) is 54.8 cm³/mol. The largest absolute Gasteiger partial charge is 0.287 e. The summed E-state index contributed by atoms with van der Waals surface area (Å²) < 4.78 is 0. The van der Waals surface area contributed by atoms with Crippen molar-refractivity contribution in [2.45, 2.75) is 26.3 Å². The van der Waals surface area contributed by atoms with Gasteiger partial charge in [0.1, 0.15) is 0 Å². The fourth-order valence-electron chi connectivity index (χ4n) is 1.61. The van der Waals surface area contributed by atoms with Gasteiger partial charge in [-0.3, -0.25) is 10.2 Å². The molecule has 0 unspecified atom stereocenters. The van der Waals surface area contributed by atoms with Crippen LogP contribution < -0.4 is 10.9 Å². The van der Waals surface area contributed by atoms with Crippen LogP contribution in [-0.4, -0.2) is 5.91 Å². The average Bonchev–Trinajstić information content (AvgIpc) is 2.18. The van der Waals surface area contributed by atoms with Crippen LogP contribution in [0.25, 0.3) is 0 Å². The van der Waals surface area contributed by atoms with Crippen LogP contribution in [0.3, 0.4) is 0 Å². The molecule has 3 nitrogen and oxygen atoms in total. The number of carbonyl (C=O) groups excluding carboxylic acids is 1. The SMILES string of the molecule is CC(C)c1ccc2c(c1)C(=O)NNC2. The van der Waals surface area contributed by atoms with E-state index in [1.807, 2.05) is 12.1 Å². The third kappa shape index (κ3) is 1.51. The van der Waals surface area contributed by atoms with E-state index in [1.54, 1.807) is 0 Å². The van der Waals surface area contributed by atoms with Crippen molar-refractivity contribution in [3.63, 3.8) is 0 Å². The Hall–Kier alpha value is -1.35. The Balaban J connectivity index is 2.46. The van der Waals surface area contributed by atoms with E-state index in [1.165, 1.54) is 5.56 Å². The van der Waals surface area contributed by atoms with Crippen molar-refractivity contribution in [3.05, 3.63) is 34.9 Å². The maximum atomic E-state index is 11.5. The molecule has 1 amide bonds. The van der Waals surface area contributed by atoms with E-state index in [9.17, 15) is 4.79 Å². The number of hydrogen-bond donors (Lipinski definition) is 2. The molecule has 1 aromatic carbocycles. The molecule has 3 heteroatoms. The van der Waals surface area contributed by atoms with Gasteiger partial charge < -0.3 is 0 Å². The Morgan fingerprint density at radius 2 is 2.14 bits per heavy atom. The van der Waals surface area contributed by atoms with Gasteiger partial charge in [-0.1, -0.05) is 26.0 Å². The standard InChI is InChI=1S/C11H14N2O/c1-7(2)8-3-4-9-6-12-13-11(14)10(9)5-8/h3-5,7,12H,6H2,1-2H3,(H,13,14). The number of nitrogens with one attached hydrogen (secondary N) is 2. The van der Waals surface area contributed by atoms with Crippen LogP contribution in [0.4, 0.5) is 0 Å². The van der Waals surface area contributed by atoms with Gasteiger partial charge in [0.2, 0.25) is 0 Å². The summed E-state index contributed by atoms with van der Waals surface area (Å²) in [6.45, 7) is 4.96. The minimum absolute atomic E-state index is 0.0336. The molecule has 0 saturated heterocycles. The van der Waals surface area contributed by atoms with Crippen molar-refractivity contribution >= 4 is 5.91 Å². The minimum atomic E-state index is -0.0336. The molecule has 0 atom stereocenters. The van der Waals surface area contributed by atoms with Gasteiger partial charge in [-0.2, -0.15) is 0 Å². The molecular formula is C11H14N2O. The number of fused-ring (bicyclic) bond motifs is 1. The first-order valence-corrected chi connectivity index (χ1v) is 4.84. The van der Waals surface area contributed by atoms with Crippen LogP contribution in [-0.2, 0) is 6.54 Å². The van der Waals surface area contributed by atoms with E-state index < -0.39 is 0 Å². The molecule has 74 valence electrons. The maximum absolute atomic E-state index is 11.5. The van der Waals surface area contributed by atoms with E-state index in [4.69, 9.17) is 0 Å². The topological polar surface area (TPSA) is 41.1 Å². The molecule has 1 aromatic rings. The molecule has 2 rings (SSSR count). The Bertz CT molecular complexity index is 372. The van der Waals surface area contributed by atoms with Crippen LogP contribution in [0, 0.1) is 0 Å². The highest BCUT2D eigenvalue weighted by atomic mass is 16.2. The van der Waals surface area contributed by atoms with E-state index >= 15 is 0 Å². The lowest BCUT2D eigenvalue weighted by atomic mass is 9.96. The molecule has 1 aliphatic heterocycles. The highest BCUT2D eigenvalue weighted by Gasteiger charge is 2.16. The molecule has 0 fully saturated rings. The summed E-state index contributed by atoms with van der Waals surface area (Å²) in [5.41, 5.74) is 8.53. The Labute approximate surface area is 83.5 Å². The molecule has 0 spiro atoms. The summed E-state index contributed by atoms with van der Waals surface area (Å²) in [6, 6.07) is 6.09. The first-order chi connectivity index (χ1) is 6.68. The minimum Gasteiger partial charge on any atom is -0.287 e. The first-order valence-electron chi connectivity index (χ1n) is 4.84. The third-order valence-corrected chi connectivity index (χ3v) is 2.53. The zero-order valence-electron chi connectivity index (χ0n) is 8.42. The maximum Gasteiger partial charge on any atom is 0.265 e. The smallest absolute Gasteiger partial charge is 0.265 e. The Morgan fingerprint density at radius 1 is 1.36 bits per heavy atom. The summed E-state index contributed by atoms with van der Waals surface area (Å²) in [6.07, 6.45) is 0. The molecule has 0 saturated carbocycles. The number of benzene rings is 1. The molecule has 1 heterocycles. The van der Waals surface area contributed by atoms with Crippen molar-refractivity contribution in [3.8, 4) is 0 Å². The number of rotatable bonds is 1. The second-order valence-electron chi connectivity index (χ2n) is 3.88. The van der Waals surface area contributed by atoms with Crippen molar-refractivity contribution in [1.29, 1.82) is 0 Å². The van der Waals surface area contributed by atoms with Gasteiger partial charge in [-0.15, -0.1) is 0 Å². The third-order valence-electron chi connectivity index (χ3n) is 2.53. The Kier molecular flexibility index (Phi) is 2.25. The molecule has 0 aromatic heterocycles. The normalized spacial score (nSPS) is 15.2. The van der Waals surface area contributed by atoms with Crippen molar-refractivity contribution in [1.82, 2.24) is 10.9 Å². The van der Waals surface area contributed by atoms with Crippen LogP contribution in [0.15, 0.2) is 18.2 Å². The van der Waals surface area contributed by atoms with Crippen LogP contribution in [0.5, 0.6) is 0 Å². The number of hydrazine groups is 1. The van der Waals surface area contributed by atoms with Gasteiger partial charge in [0.25, 0.3) is 5.91 Å². The van der Waals surface area contributed by atoms with Gasteiger partial charge in [-0.05, 0) is 23.1 Å². The first kappa shape index (κ1) is 9.21. The lowest BCUT2D eigenvalue weighted by Gasteiger charge is -2.18. The van der Waals surface area contributed by atoms with Crippen LogP contribution in [0.2, 0.25) is 0 Å². The lowest BCUT2D eigenvalue weighted by molar-refractivity contribution is 0.0920. The summed E-state index contributed by atoms with van der Waals surface area (Å²) in [7, 11) is 0. The fraction of sp³-hybridized carbons (Fsp3) is 0.364. The average molecular weight is 190 g/mol. The molecule has 14 heavy (non-hydrogen) atoms. The summed E-state index contributed by atoms with van der Waals surface area (Å²) in [5, 5.41) is 0. The van der Waals surface area contributed by atoms with Gasteiger partial charge >= 0.3 is 0 Å². The summed E-state index contributed by atoms with van der Waals surface area (Å²) >= 11 is 0. The van der Waals surface area contributed by atoms with Gasteiger partial charge in [-0.25, -0.2) is 5.43 Å². The van der Waals surface area contributed by atoms with Gasteiger partial charge in [0.15, 0.2) is 0 Å². The van der Waals surface area contributed by atoms with Crippen LogP contribution >= 0.6 is 0 Å². The number of amides is 1. The van der Waals surface area contributed by atoms with E-state index in [0.717, 1.165) is 11.1 Å². The number of hydrogen-bond acceptors (Lipinski definition) is 2. The predicted octanol–water partition coefficient (Wildman–Crippen LogP) is 1.56. The molecule has 0 aliphatic carbocycles. The molecular weight excluding hydrogens is 176 g/mol. The van der Waals surface area contributed by atoms with E-state index in [-0.39, 0.29) is 5.91 Å². The van der Waals surface area contributed by atoms with Crippen molar-refractivity contribution in [2.75, 3.05) is 0 Å².